The van der Waals surface area contributed by atoms with Crippen LogP contribution in [0.15, 0.2) is 84.5 Å². The molecule has 0 amide bonds. The number of benzene rings is 2. The van der Waals surface area contributed by atoms with Gasteiger partial charge in [-0.3, -0.25) is 10.5 Å². The molecule has 3 nitrogen and oxygen atoms in total. The van der Waals surface area contributed by atoms with E-state index in [1.807, 2.05) is 66.7 Å². The van der Waals surface area contributed by atoms with Gasteiger partial charge in [0, 0.05) is 17.6 Å². The van der Waals surface area contributed by atoms with Crippen LogP contribution in [0.25, 0.3) is 0 Å². The van der Waals surface area contributed by atoms with E-state index in [1.54, 1.807) is 12.2 Å². The fourth-order valence-electron chi connectivity index (χ4n) is 2.34. The van der Waals surface area contributed by atoms with E-state index >= 15 is 0 Å². The first kappa shape index (κ1) is 14.3. The lowest BCUT2D eigenvalue weighted by Gasteiger charge is -2.28. The number of hydrogen-bond acceptors (Lipinski definition) is 3. The van der Waals surface area contributed by atoms with Gasteiger partial charge in [-0.05, 0) is 18.2 Å². The van der Waals surface area contributed by atoms with Gasteiger partial charge in [0.2, 0.25) is 0 Å². The second kappa shape index (κ2) is 6.00. The molecule has 2 N–H and O–H groups in total. The minimum atomic E-state index is -0.915. The zero-order chi connectivity index (χ0) is 15.4. The second-order valence-electron chi connectivity index (χ2n) is 5.26. The van der Waals surface area contributed by atoms with Crippen LogP contribution in [0.3, 0.4) is 0 Å². The summed E-state index contributed by atoms with van der Waals surface area (Å²) in [5.41, 5.74) is 6.63. The average Bonchev–Trinajstić information content (AvgIpc) is 2.56. The van der Waals surface area contributed by atoms with Gasteiger partial charge in [0.1, 0.15) is 5.75 Å². The van der Waals surface area contributed by atoms with Gasteiger partial charge in [0.25, 0.3) is 0 Å². The smallest absolute Gasteiger partial charge is 0.192 e. The number of carbonyl (C=O) groups is 1. The third kappa shape index (κ3) is 3.15. The summed E-state index contributed by atoms with van der Waals surface area (Å²) in [7, 11) is 0. The molecule has 110 valence electrons. The predicted octanol–water partition coefficient (Wildman–Crippen LogP) is 3.49. The molecule has 0 heterocycles. The standard InChI is InChI=1S/C19H17NO2/c20-19(22-17-9-5-2-6-10-17)13-11-16(12-14-19)18(21)15-7-3-1-4-8-15/h1-13H,14,20H2. The predicted molar refractivity (Wildman–Crippen MR) is 86.6 cm³/mol. The average molecular weight is 291 g/mol. The lowest BCUT2D eigenvalue weighted by Crippen LogP contribution is -2.44. The normalized spacial score (nSPS) is 20.3. The van der Waals surface area contributed by atoms with E-state index in [4.69, 9.17) is 10.5 Å². The Labute approximate surface area is 129 Å². The van der Waals surface area contributed by atoms with Gasteiger partial charge in [0.05, 0.1) is 0 Å². The second-order valence-corrected chi connectivity index (χ2v) is 5.26. The summed E-state index contributed by atoms with van der Waals surface area (Å²) in [4.78, 5) is 12.4. The lowest BCUT2D eigenvalue weighted by atomic mass is 9.94. The topological polar surface area (TPSA) is 52.3 Å². The zero-order valence-electron chi connectivity index (χ0n) is 12.1. The third-order valence-electron chi connectivity index (χ3n) is 3.54. The van der Waals surface area contributed by atoms with Crippen LogP contribution in [-0.2, 0) is 0 Å². The Balaban J connectivity index is 1.72. The van der Waals surface area contributed by atoms with Gasteiger partial charge in [-0.1, -0.05) is 60.7 Å². The molecule has 0 radical (unpaired) electrons. The molecule has 1 atom stereocenters. The van der Waals surface area contributed by atoms with Crippen LogP contribution in [0.5, 0.6) is 5.75 Å². The van der Waals surface area contributed by atoms with Crippen LogP contribution in [0.4, 0.5) is 0 Å². The van der Waals surface area contributed by atoms with Crippen molar-refractivity contribution in [3.8, 4) is 5.75 Å². The maximum absolute atomic E-state index is 12.4. The summed E-state index contributed by atoms with van der Waals surface area (Å²) in [6, 6.07) is 18.6. The molecule has 1 aliphatic rings. The molecule has 1 aliphatic carbocycles. The number of carbonyl (C=O) groups excluding carboxylic acids is 1. The zero-order valence-corrected chi connectivity index (χ0v) is 12.1. The SMILES string of the molecule is NC1(Oc2ccccc2)C=CC(C(=O)c2ccccc2)=CC1. The van der Waals surface area contributed by atoms with E-state index in [0.717, 1.165) is 0 Å². The lowest BCUT2D eigenvalue weighted by molar-refractivity contribution is 0.103. The molecule has 0 aliphatic heterocycles. The highest BCUT2D eigenvalue weighted by Gasteiger charge is 2.27. The molecule has 0 bridgehead atoms. The summed E-state index contributed by atoms with van der Waals surface area (Å²) in [6.45, 7) is 0. The Bertz CT molecular complexity index is 720. The maximum atomic E-state index is 12.4. The minimum absolute atomic E-state index is 0.00129. The molecule has 22 heavy (non-hydrogen) atoms. The van der Waals surface area contributed by atoms with Crippen molar-refractivity contribution >= 4 is 5.78 Å². The van der Waals surface area contributed by atoms with Crippen molar-refractivity contribution in [3.05, 3.63) is 90.0 Å². The number of nitrogens with two attached hydrogens (primary N) is 1. The van der Waals surface area contributed by atoms with Gasteiger partial charge >= 0.3 is 0 Å². The fourth-order valence-corrected chi connectivity index (χ4v) is 2.34. The summed E-state index contributed by atoms with van der Waals surface area (Å²) in [5, 5.41) is 0. The molecule has 2 aromatic carbocycles. The summed E-state index contributed by atoms with van der Waals surface area (Å²) in [5.74, 6) is 0.708. The Hall–Kier alpha value is -2.65. The molecule has 2 aromatic rings. The highest BCUT2D eigenvalue weighted by Crippen LogP contribution is 2.24. The Morgan fingerprint density at radius 3 is 2.23 bits per heavy atom. The number of rotatable bonds is 4. The van der Waals surface area contributed by atoms with Crippen LogP contribution < -0.4 is 10.5 Å². The van der Waals surface area contributed by atoms with Gasteiger partial charge < -0.3 is 4.74 Å². The third-order valence-corrected chi connectivity index (χ3v) is 3.54. The van der Waals surface area contributed by atoms with Gasteiger partial charge in [-0.15, -0.1) is 0 Å². The van der Waals surface area contributed by atoms with Crippen molar-refractivity contribution in [2.45, 2.75) is 12.1 Å². The Morgan fingerprint density at radius 1 is 1.00 bits per heavy atom. The van der Waals surface area contributed by atoms with Crippen molar-refractivity contribution in [1.29, 1.82) is 0 Å². The maximum Gasteiger partial charge on any atom is 0.192 e. The number of para-hydroxylation sites is 1. The van der Waals surface area contributed by atoms with E-state index in [0.29, 0.717) is 23.3 Å². The van der Waals surface area contributed by atoms with Gasteiger partial charge in [-0.25, -0.2) is 0 Å². The van der Waals surface area contributed by atoms with Crippen LogP contribution in [-0.4, -0.2) is 11.5 Å². The highest BCUT2D eigenvalue weighted by molar-refractivity contribution is 6.10. The number of allylic oxidation sites excluding steroid dienone is 2. The number of hydrogen-bond donors (Lipinski definition) is 1. The summed E-state index contributed by atoms with van der Waals surface area (Å²) in [6.07, 6.45) is 5.77. The summed E-state index contributed by atoms with van der Waals surface area (Å²) >= 11 is 0. The van der Waals surface area contributed by atoms with Crippen molar-refractivity contribution in [2.24, 2.45) is 5.73 Å². The monoisotopic (exact) mass is 291 g/mol. The van der Waals surface area contributed by atoms with Gasteiger partial charge in [-0.2, -0.15) is 0 Å². The molecule has 0 saturated heterocycles. The first-order valence-corrected chi connectivity index (χ1v) is 7.18. The fraction of sp³-hybridized carbons (Fsp3) is 0.105. The number of ether oxygens (including phenoxy) is 1. The van der Waals surface area contributed by atoms with E-state index in [-0.39, 0.29) is 5.78 Å². The molecular formula is C19H17NO2. The highest BCUT2D eigenvalue weighted by atomic mass is 16.5. The first-order chi connectivity index (χ1) is 10.7. The van der Waals surface area contributed by atoms with E-state index in [2.05, 4.69) is 0 Å². The molecule has 3 rings (SSSR count). The van der Waals surface area contributed by atoms with Crippen molar-refractivity contribution in [3.63, 3.8) is 0 Å². The largest absolute Gasteiger partial charge is 0.469 e. The van der Waals surface area contributed by atoms with Crippen molar-refractivity contribution < 1.29 is 9.53 Å². The molecule has 1 unspecified atom stereocenters. The molecule has 0 fully saturated rings. The molecule has 0 aromatic heterocycles. The van der Waals surface area contributed by atoms with E-state index in [1.165, 1.54) is 0 Å². The van der Waals surface area contributed by atoms with Gasteiger partial charge in [0.15, 0.2) is 11.5 Å². The Kier molecular flexibility index (Phi) is 3.90. The van der Waals surface area contributed by atoms with Crippen molar-refractivity contribution in [2.75, 3.05) is 0 Å². The van der Waals surface area contributed by atoms with Crippen LogP contribution >= 0.6 is 0 Å². The molecular weight excluding hydrogens is 274 g/mol. The van der Waals surface area contributed by atoms with Crippen LogP contribution in [0, 0.1) is 0 Å². The number of ketones is 1. The van der Waals surface area contributed by atoms with E-state index < -0.39 is 5.72 Å². The number of Topliss-reactive ketones (excluding diaryl/α,β-unsaturated/α-hetero) is 1. The quantitative estimate of drug-likeness (QED) is 0.693. The minimum Gasteiger partial charge on any atom is -0.469 e. The Morgan fingerprint density at radius 2 is 1.64 bits per heavy atom. The van der Waals surface area contributed by atoms with Crippen LogP contribution in [0.2, 0.25) is 0 Å². The van der Waals surface area contributed by atoms with E-state index in [9.17, 15) is 4.79 Å². The first-order valence-electron chi connectivity index (χ1n) is 7.18. The molecule has 0 spiro atoms. The molecule has 3 heteroatoms. The molecule has 0 saturated carbocycles. The van der Waals surface area contributed by atoms with Crippen LogP contribution in [0.1, 0.15) is 16.8 Å². The summed E-state index contributed by atoms with van der Waals surface area (Å²) < 4.78 is 5.81. The van der Waals surface area contributed by atoms with Crippen molar-refractivity contribution in [1.82, 2.24) is 0 Å².